The van der Waals surface area contributed by atoms with E-state index in [9.17, 15) is 0 Å². The molecule has 0 spiro atoms. The number of para-hydroxylation sites is 1. The molecule has 1 nitrogen and oxygen atoms in total. The second kappa shape index (κ2) is 6.71. The van der Waals surface area contributed by atoms with Crippen LogP contribution in [0.2, 0.25) is 0 Å². The molecule has 0 amide bonds. The number of fused-ring (bicyclic) bond motifs is 5. The Balaban J connectivity index is 1.72. The predicted octanol–water partition coefficient (Wildman–Crippen LogP) is 9.05. The second-order valence-electron chi connectivity index (χ2n) is 10.7. The molecule has 0 bridgehead atoms. The second-order valence-corrected chi connectivity index (χ2v) is 11.6. The molecule has 6 rings (SSSR count). The molecule has 0 saturated heterocycles. The maximum absolute atomic E-state index is 3.60. The van der Waals surface area contributed by atoms with E-state index in [4.69, 9.17) is 0 Å². The molecule has 32 heavy (non-hydrogen) atoms. The Morgan fingerprint density at radius 1 is 0.656 bits per heavy atom. The van der Waals surface area contributed by atoms with Gasteiger partial charge in [-0.2, -0.15) is 0 Å². The van der Waals surface area contributed by atoms with E-state index >= 15 is 0 Å². The van der Waals surface area contributed by atoms with Crippen LogP contribution in [0.3, 0.4) is 0 Å². The minimum atomic E-state index is 0.190. The van der Waals surface area contributed by atoms with Gasteiger partial charge in [0, 0.05) is 20.9 Å². The molecule has 0 aliphatic heterocycles. The summed E-state index contributed by atoms with van der Waals surface area (Å²) >= 11 is 3.60. The van der Waals surface area contributed by atoms with Gasteiger partial charge < -0.3 is 4.57 Å². The van der Waals surface area contributed by atoms with Gasteiger partial charge in [-0.3, -0.25) is 0 Å². The van der Waals surface area contributed by atoms with Gasteiger partial charge in [0.1, 0.15) is 0 Å². The topological polar surface area (TPSA) is 4.93 Å². The highest BCUT2D eigenvalue weighted by molar-refractivity contribution is 9.10. The number of hydrogen-bond donors (Lipinski definition) is 0. The summed E-state index contributed by atoms with van der Waals surface area (Å²) in [6.07, 6.45) is 2.46. The molecular formula is C30H28BrN. The van der Waals surface area contributed by atoms with Gasteiger partial charge in [0.05, 0.1) is 11.0 Å². The van der Waals surface area contributed by atoms with Crippen LogP contribution in [-0.4, -0.2) is 4.57 Å². The Labute approximate surface area is 198 Å². The molecule has 0 saturated carbocycles. The zero-order valence-corrected chi connectivity index (χ0v) is 20.8. The van der Waals surface area contributed by atoms with Crippen molar-refractivity contribution < 1.29 is 0 Å². The summed E-state index contributed by atoms with van der Waals surface area (Å²) in [6.45, 7) is 9.64. The van der Waals surface area contributed by atoms with Crippen molar-refractivity contribution in [2.75, 3.05) is 0 Å². The van der Waals surface area contributed by atoms with E-state index in [1.807, 2.05) is 0 Å². The number of aromatic nitrogens is 1. The lowest BCUT2D eigenvalue weighted by molar-refractivity contribution is 0.332. The van der Waals surface area contributed by atoms with Crippen LogP contribution >= 0.6 is 15.9 Å². The van der Waals surface area contributed by atoms with E-state index in [0.29, 0.717) is 0 Å². The van der Waals surface area contributed by atoms with E-state index < -0.39 is 0 Å². The van der Waals surface area contributed by atoms with Crippen molar-refractivity contribution in [2.24, 2.45) is 0 Å². The normalized spacial score (nSPS) is 17.2. The maximum atomic E-state index is 3.60. The van der Waals surface area contributed by atoms with Crippen molar-refractivity contribution in [1.29, 1.82) is 0 Å². The smallest absolute Gasteiger partial charge is 0.0544 e. The van der Waals surface area contributed by atoms with Gasteiger partial charge in [0.15, 0.2) is 0 Å². The number of rotatable bonds is 1. The minimum Gasteiger partial charge on any atom is -0.309 e. The monoisotopic (exact) mass is 481 g/mol. The quantitative estimate of drug-likeness (QED) is 0.225. The van der Waals surface area contributed by atoms with Gasteiger partial charge >= 0.3 is 0 Å². The number of nitrogens with zero attached hydrogens (tertiary/aromatic N) is 1. The molecule has 160 valence electrons. The maximum Gasteiger partial charge on any atom is 0.0544 e. The predicted molar refractivity (Wildman–Crippen MR) is 141 cm³/mol. The fraction of sp³-hybridized carbons (Fsp3) is 0.267. The Kier molecular flexibility index (Phi) is 4.21. The van der Waals surface area contributed by atoms with Crippen molar-refractivity contribution in [1.82, 2.24) is 4.57 Å². The first-order valence-electron chi connectivity index (χ1n) is 11.5. The van der Waals surface area contributed by atoms with Gasteiger partial charge in [-0.05, 0) is 88.0 Å². The Morgan fingerprint density at radius 3 is 2.09 bits per heavy atom. The lowest BCUT2D eigenvalue weighted by atomic mass is 9.63. The summed E-state index contributed by atoms with van der Waals surface area (Å²) in [5.41, 5.74) is 7.24. The Morgan fingerprint density at radius 2 is 1.31 bits per heavy atom. The van der Waals surface area contributed by atoms with Crippen LogP contribution in [0.15, 0.2) is 77.3 Å². The molecule has 0 N–H and O–H groups in total. The Hall–Kier alpha value is -2.58. The van der Waals surface area contributed by atoms with E-state index in [1.54, 1.807) is 0 Å². The van der Waals surface area contributed by atoms with Crippen molar-refractivity contribution in [2.45, 2.75) is 51.4 Å². The summed E-state index contributed by atoms with van der Waals surface area (Å²) in [5, 5.41) is 5.21. The van der Waals surface area contributed by atoms with E-state index in [-0.39, 0.29) is 10.8 Å². The first-order valence-corrected chi connectivity index (χ1v) is 12.3. The molecule has 2 heteroatoms. The summed E-state index contributed by atoms with van der Waals surface area (Å²) in [4.78, 5) is 0. The molecule has 1 aliphatic carbocycles. The minimum absolute atomic E-state index is 0.190. The molecule has 5 aromatic rings. The SMILES string of the molecule is CC1(C)CCC(C)(C)c2cc3c(cc21)c1ccccc1n3-c1ccc2cc(Br)ccc2c1. The molecule has 1 aliphatic rings. The number of benzene rings is 4. The van der Waals surface area contributed by atoms with Gasteiger partial charge in [0.25, 0.3) is 0 Å². The van der Waals surface area contributed by atoms with E-state index in [1.165, 1.54) is 62.2 Å². The molecule has 1 aromatic heterocycles. The fourth-order valence-electron chi connectivity index (χ4n) is 5.65. The third kappa shape index (κ3) is 2.89. The summed E-state index contributed by atoms with van der Waals surface area (Å²) in [5.74, 6) is 0. The molecular weight excluding hydrogens is 454 g/mol. The van der Waals surface area contributed by atoms with Gasteiger partial charge in [0.2, 0.25) is 0 Å². The number of hydrogen-bond acceptors (Lipinski definition) is 0. The van der Waals surface area contributed by atoms with Crippen molar-refractivity contribution in [3.05, 3.63) is 88.4 Å². The van der Waals surface area contributed by atoms with Crippen molar-refractivity contribution in [3.63, 3.8) is 0 Å². The van der Waals surface area contributed by atoms with Gasteiger partial charge in [-0.15, -0.1) is 0 Å². The van der Waals surface area contributed by atoms with Crippen LogP contribution in [0.5, 0.6) is 0 Å². The molecule has 0 radical (unpaired) electrons. The highest BCUT2D eigenvalue weighted by atomic mass is 79.9. The van der Waals surface area contributed by atoms with Crippen molar-refractivity contribution in [3.8, 4) is 5.69 Å². The molecule has 0 fully saturated rings. The largest absolute Gasteiger partial charge is 0.309 e. The van der Waals surface area contributed by atoms with Crippen LogP contribution in [0, 0.1) is 0 Å². The Bertz CT molecular complexity index is 1530. The standard InChI is InChI=1S/C30H28BrN/c1-29(2)13-14-30(3,4)26-18-28-24(17-25(26)29)23-7-5-6-8-27(23)32(28)22-12-10-19-15-21(31)11-9-20(19)16-22/h5-12,15-18H,13-14H2,1-4H3. The third-order valence-corrected chi connectivity index (χ3v) is 8.18. The first kappa shape index (κ1) is 20.1. The highest BCUT2D eigenvalue weighted by Crippen LogP contribution is 2.48. The lowest BCUT2D eigenvalue weighted by Crippen LogP contribution is -2.33. The van der Waals surface area contributed by atoms with Crippen LogP contribution in [-0.2, 0) is 10.8 Å². The molecule has 4 aromatic carbocycles. The summed E-state index contributed by atoms with van der Waals surface area (Å²) in [7, 11) is 0. The summed E-state index contributed by atoms with van der Waals surface area (Å²) < 4.78 is 3.58. The van der Waals surface area contributed by atoms with Crippen LogP contribution < -0.4 is 0 Å². The van der Waals surface area contributed by atoms with Gasteiger partial charge in [-0.25, -0.2) is 0 Å². The van der Waals surface area contributed by atoms with Crippen LogP contribution in [0.4, 0.5) is 0 Å². The molecule has 0 unspecified atom stereocenters. The lowest BCUT2D eigenvalue weighted by Gasteiger charge is -2.42. The van der Waals surface area contributed by atoms with Gasteiger partial charge in [-0.1, -0.05) is 74.0 Å². The van der Waals surface area contributed by atoms with Crippen molar-refractivity contribution >= 4 is 48.5 Å². The average Bonchev–Trinajstić information content (AvgIpc) is 3.10. The first-order chi connectivity index (χ1) is 15.2. The fourth-order valence-corrected chi connectivity index (χ4v) is 6.03. The van der Waals surface area contributed by atoms with Crippen LogP contribution in [0.1, 0.15) is 51.7 Å². The van der Waals surface area contributed by atoms with E-state index in [0.717, 1.165) is 4.47 Å². The zero-order valence-electron chi connectivity index (χ0n) is 19.2. The highest BCUT2D eigenvalue weighted by Gasteiger charge is 2.37. The molecule has 0 atom stereocenters. The van der Waals surface area contributed by atoms with Crippen LogP contribution in [0.25, 0.3) is 38.3 Å². The molecule has 1 heterocycles. The third-order valence-electron chi connectivity index (χ3n) is 7.69. The zero-order chi connectivity index (χ0) is 22.3. The number of halogens is 1. The average molecular weight is 482 g/mol. The van der Waals surface area contributed by atoms with E-state index in [2.05, 4.69) is 121 Å². The summed E-state index contributed by atoms with van der Waals surface area (Å²) in [6, 6.07) is 27.2.